The van der Waals surface area contributed by atoms with Crippen molar-refractivity contribution in [3.63, 3.8) is 0 Å². The second-order valence-corrected chi connectivity index (χ2v) is 6.74. The van der Waals surface area contributed by atoms with Crippen molar-refractivity contribution in [2.45, 2.75) is 31.9 Å². The Morgan fingerprint density at radius 2 is 1.32 bits per heavy atom. The predicted octanol–water partition coefficient (Wildman–Crippen LogP) is 0.685. The first kappa shape index (κ1) is 20.0. The fourth-order valence-corrected chi connectivity index (χ4v) is 3.17. The molecule has 0 saturated carbocycles. The summed E-state index contributed by atoms with van der Waals surface area (Å²) in [5, 5.41) is 1.88. The van der Waals surface area contributed by atoms with Crippen LogP contribution in [-0.4, -0.2) is 91.6 Å². The van der Waals surface area contributed by atoms with Crippen molar-refractivity contribution in [3.8, 4) is 0 Å². The number of carbonyl (C=O) groups is 2. The summed E-state index contributed by atoms with van der Waals surface area (Å²) in [5.74, 6) is -0.468. The zero-order valence-corrected chi connectivity index (χ0v) is 14.5. The molecule has 0 aromatic heterocycles. The van der Waals surface area contributed by atoms with Gasteiger partial charge in [-0.3, -0.25) is 19.4 Å². The molecule has 2 saturated heterocycles. The number of alkyl halides is 3. The quantitative estimate of drug-likeness (QED) is 0.780. The number of likely N-dealkylation sites (tertiary alicyclic amines) is 1. The molecule has 0 spiro atoms. The fraction of sp³-hybridized carbons (Fsp3) is 0.875. The van der Waals surface area contributed by atoms with Gasteiger partial charge in [0.25, 0.3) is 0 Å². The lowest BCUT2D eigenvalue weighted by atomic mass is 10.2. The van der Waals surface area contributed by atoms with Gasteiger partial charge in [-0.25, -0.2) is 0 Å². The summed E-state index contributed by atoms with van der Waals surface area (Å²) in [6, 6.07) is 0. The second-order valence-electron chi connectivity index (χ2n) is 6.74. The normalized spacial score (nSPS) is 21.0. The van der Waals surface area contributed by atoms with Gasteiger partial charge in [-0.2, -0.15) is 13.2 Å². The lowest BCUT2D eigenvalue weighted by molar-refractivity contribution is -0.139. The van der Waals surface area contributed by atoms with Crippen LogP contribution in [0.5, 0.6) is 0 Å². The average molecular weight is 364 g/mol. The Labute approximate surface area is 146 Å². The zero-order valence-electron chi connectivity index (χ0n) is 14.5. The van der Waals surface area contributed by atoms with Gasteiger partial charge in [-0.15, -0.1) is 0 Å². The molecule has 25 heavy (non-hydrogen) atoms. The van der Waals surface area contributed by atoms with Crippen molar-refractivity contribution in [1.82, 2.24) is 20.0 Å². The van der Waals surface area contributed by atoms with E-state index in [-0.39, 0.29) is 12.5 Å². The van der Waals surface area contributed by atoms with Gasteiger partial charge in [-0.05, 0) is 12.8 Å². The molecule has 0 aromatic rings. The van der Waals surface area contributed by atoms with E-state index in [1.54, 1.807) is 0 Å². The maximum Gasteiger partial charge on any atom is 0.405 e. The largest absolute Gasteiger partial charge is 0.405 e. The average Bonchev–Trinajstić information content (AvgIpc) is 2.83. The molecular weight excluding hydrogens is 337 g/mol. The molecular formula is C16H27F3N4O2. The van der Waals surface area contributed by atoms with Crippen LogP contribution in [0.15, 0.2) is 0 Å². The van der Waals surface area contributed by atoms with Gasteiger partial charge < -0.3 is 10.2 Å². The van der Waals surface area contributed by atoms with E-state index in [4.69, 9.17) is 0 Å². The monoisotopic (exact) mass is 364 g/mol. The number of rotatable bonds is 5. The molecule has 144 valence electrons. The molecule has 0 bridgehead atoms. The molecule has 2 rings (SSSR count). The number of halogens is 3. The lowest BCUT2D eigenvalue weighted by Crippen LogP contribution is -2.52. The number of hydrogen-bond acceptors (Lipinski definition) is 4. The van der Waals surface area contributed by atoms with Crippen LogP contribution in [0.1, 0.15) is 25.7 Å². The van der Waals surface area contributed by atoms with Crippen LogP contribution in [0.2, 0.25) is 0 Å². The molecule has 0 unspecified atom stereocenters. The maximum absolute atomic E-state index is 12.4. The SMILES string of the molecule is O=C(CN1CCN(CC(=O)N2CCCCCC2)CC1)NCC(F)(F)F. The molecule has 0 aromatic carbocycles. The standard InChI is InChI=1S/C16H27F3N4O2/c17-16(18,19)13-20-14(24)11-21-7-9-22(10-8-21)12-15(25)23-5-3-1-2-4-6-23/h1-13H2,(H,20,24). The zero-order chi connectivity index (χ0) is 18.3. The van der Waals surface area contributed by atoms with E-state index < -0.39 is 18.6 Å². The number of nitrogens with zero attached hydrogens (tertiary/aromatic N) is 3. The highest BCUT2D eigenvalue weighted by atomic mass is 19.4. The van der Waals surface area contributed by atoms with Crippen LogP contribution < -0.4 is 5.32 Å². The van der Waals surface area contributed by atoms with Crippen LogP contribution in [-0.2, 0) is 9.59 Å². The molecule has 2 heterocycles. The molecule has 1 N–H and O–H groups in total. The Bertz CT molecular complexity index is 443. The minimum absolute atomic E-state index is 0.0377. The highest BCUT2D eigenvalue weighted by Gasteiger charge is 2.28. The van der Waals surface area contributed by atoms with Gasteiger partial charge in [0.05, 0.1) is 13.1 Å². The van der Waals surface area contributed by atoms with Crippen LogP contribution >= 0.6 is 0 Å². The van der Waals surface area contributed by atoms with Crippen LogP contribution in [0, 0.1) is 0 Å². The van der Waals surface area contributed by atoms with Gasteiger partial charge in [0.1, 0.15) is 6.54 Å². The topological polar surface area (TPSA) is 55.9 Å². The third kappa shape index (κ3) is 7.60. The van der Waals surface area contributed by atoms with Crippen LogP contribution in [0.3, 0.4) is 0 Å². The molecule has 0 atom stereocenters. The number of nitrogens with one attached hydrogen (secondary N) is 1. The first-order valence-corrected chi connectivity index (χ1v) is 8.89. The lowest BCUT2D eigenvalue weighted by Gasteiger charge is -2.35. The third-order valence-electron chi connectivity index (χ3n) is 4.64. The van der Waals surface area contributed by atoms with Crippen molar-refractivity contribution in [2.75, 3.05) is 58.9 Å². The summed E-state index contributed by atoms with van der Waals surface area (Å²) < 4.78 is 36.2. The maximum atomic E-state index is 12.4. The second kappa shape index (κ2) is 9.38. The summed E-state index contributed by atoms with van der Waals surface area (Å²) >= 11 is 0. The van der Waals surface area contributed by atoms with Crippen molar-refractivity contribution in [1.29, 1.82) is 0 Å². The van der Waals surface area contributed by atoms with Crippen molar-refractivity contribution in [3.05, 3.63) is 0 Å². The predicted molar refractivity (Wildman–Crippen MR) is 87.0 cm³/mol. The van der Waals surface area contributed by atoms with E-state index in [9.17, 15) is 22.8 Å². The number of carbonyl (C=O) groups excluding carboxylic acids is 2. The first-order chi connectivity index (χ1) is 11.8. The number of piperazine rings is 1. The summed E-state index contributed by atoms with van der Waals surface area (Å²) in [5.41, 5.74) is 0. The van der Waals surface area contributed by atoms with Gasteiger partial charge >= 0.3 is 6.18 Å². The van der Waals surface area contributed by atoms with E-state index >= 15 is 0 Å². The Hall–Kier alpha value is -1.35. The first-order valence-electron chi connectivity index (χ1n) is 8.89. The minimum atomic E-state index is -4.39. The highest BCUT2D eigenvalue weighted by molar-refractivity contribution is 5.78. The molecule has 9 heteroatoms. The van der Waals surface area contributed by atoms with E-state index in [1.165, 1.54) is 12.8 Å². The summed E-state index contributed by atoms with van der Waals surface area (Å²) in [6.07, 6.45) is 0.0961. The molecule has 0 radical (unpaired) electrons. The smallest absolute Gasteiger partial charge is 0.346 e. The third-order valence-corrected chi connectivity index (χ3v) is 4.64. The van der Waals surface area contributed by atoms with Gasteiger partial charge in [0.2, 0.25) is 11.8 Å². The summed E-state index contributed by atoms with van der Waals surface area (Å²) in [7, 11) is 0. The number of amides is 2. The fourth-order valence-electron chi connectivity index (χ4n) is 3.17. The highest BCUT2D eigenvalue weighted by Crippen LogP contribution is 2.12. The summed E-state index contributed by atoms with van der Waals surface area (Å²) in [4.78, 5) is 29.7. The molecule has 0 aliphatic carbocycles. The molecule has 2 aliphatic heterocycles. The van der Waals surface area contributed by atoms with Crippen LogP contribution in [0.25, 0.3) is 0 Å². The Balaban J connectivity index is 1.65. The van der Waals surface area contributed by atoms with Crippen LogP contribution in [0.4, 0.5) is 13.2 Å². The molecule has 2 fully saturated rings. The van der Waals surface area contributed by atoms with Gasteiger partial charge in [0, 0.05) is 39.3 Å². The number of hydrogen-bond donors (Lipinski definition) is 1. The Morgan fingerprint density at radius 3 is 1.84 bits per heavy atom. The Morgan fingerprint density at radius 1 is 0.800 bits per heavy atom. The van der Waals surface area contributed by atoms with Crippen molar-refractivity contribution in [2.24, 2.45) is 0 Å². The molecule has 2 aliphatic rings. The van der Waals surface area contributed by atoms with E-state index in [0.717, 1.165) is 25.9 Å². The Kier molecular flexibility index (Phi) is 7.49. The van der Waals surface area contributed by atoms with E-state index in [0.29, 0.717) is 32.7 Å². The van der Waals surface area contributed by atoms with Crippen molar-refractivity contribution < 1.29 is 22.8 Å². The van der Waals surface area contributed by atoms with Gasteiger partial charge in [0.15, 0.2) is 0 Å². The summed E-state index contributed by atoms with van der Waals surface area (Å²) in [6.45, 7) is 3.16. The minimum Gasteiger partial charge on any atom is -0.346 e. The van der Waals surface area contributed by atoms with Gasteiger partial charge in [-0.1, -0.05) is 12.8 Å². The van der Waals surface area contributed by atoms with E-state index in [1.807, 2.05) is 15.1 Å². The van der Waals surface area contributed by atoms with E-state index in [2.05, 4.69) is 4.90 Å². The molecule has 6 nitrogen and oxygen atoms in total. The van der Waals surface area contributed by atoms with Crippen molar-refractivity contribution >= 4 is 11.8 Å². The molecule has 2 amide bonds.